The second-order valence-electron chi connectivity index (χ2n) is 2.91. The van der Waals surface area contributed by atoms with Crippen molar-refractivity contribution in [1.29, 1.82) is 0 Å². The number of hydrogen-bond donors (Lipinski definition) is 0. The maximum atomic E-state index is 11.0. The Balaban J connectivity index is 4.13. The molecule has 0 aromatic heterocycles. The summed E-state index contributed by atoms with van der Waals surface area (Å²) in [6.07, 6.45) is -3.38. The standard InChI is InChI=1S/C7H11O7P/c8-5(3-7(11)12)4-15(13,14)2-1-6(9)10/h1-4H2,(H,9,10)(H,11,12)(H,13,14)/p-3. The predicted molar refractivity (Wildman–Crippen MR) is 41.6 cm³/mol. The third-order valence-corrected chi connectivity index (χ3v) is 3.15. The van der Waals surface area contributed by atoms with Crippen molar-refractivity contribution < 1.29 is 34.1 Å². The normalized spacial score (nSPS) is 14.2. The van der Waals surface area contributed by atoms with Crippen LogP contribution in [0.4, 0.5) is 0 Å². The summed E-state index contributed by atoms with van der Waals surface area (Å²) < 4.78 is 11.0. The molecule has 1 unspecified atom stereocenters. The lowest BCUT2D eigenvalue weighted by molar-refractivity contribution is -0.306. The first-order valence-electron chi connectivity index (χ1n) is 3.93. The van der Waals surface area contributed by atoms with Gasteiger partial charge in [0.15, 0.2) is 0 Å². The van der Waals surface area contributed by atoms with Crippen molar-refractivity contribution in [3.05, 3.63) is 0 Å². The largest absolute Gasteiger partial charge is 0.799 e. The molecule has 0 radical (unpaired) electrons. The lowest BCUT2D eigenvalue weighted by atomic mass is 10.3. The first kappa shape index (κ1) is 13.8. The van der Waals surface area contributed by atoms with E-state index in [-0.39, 0.29) is 0 Å². The summed E-state index contributed by atoms with van der Waals surface area (Å²) in [6, 6.07) is 0. The third kappa shape index (κ3) is 7.84. The van der Waals surface area contributed by atoms with Crippen LogP contribution in [0, 0.1) is 0 Å². The summed E-state index contributed by atoms with van der Waals surface area (Å²) in [5.74, 6) is -4.23. The molecule has 0 fully saturated rings. The number of carbonyl (C=O) groups is 3. The zero-order valence-electron chi connectivity index (χ0n) is 7.63. The molecule has 0 aliphatic carbocycles. The first-order valence-corrected chi connectivity index (χ1v) is 5.93. The van der Waals surface area contributed by atoms with E-state index in [2.05, 4.69) is 0 Å². The lowest BCUT2D eigenvalue weighted by Gasteiger charge is -2.22. The van der Waals surface area contributed by atoms with Crippen LogP contribution in [0.15, 0.2) is 0 Å². The van der Waals surface area contributed by atoms with Gasteiger partial charge in [-0.05, 0) is 12.6 Å². The fourth-order valence-corrected chi connectivity index (χ4v) is 2.16. The van der Waals surface area contributed by atoms with Gasteiger partial charge < -0.3 is 29.3 Å². The van der Waals surface area contributed by atoms with Crippen LogP contribution >= 0.6 is 7.37 Å². The van der Waals surface area contributed by atoms with Gasteiger partial charge in [-0.25, -0.2) is 0 Å². The van der Waals surface area contributed by atoms with Gasteiger partial charge in [-0.15, -0.1) is 0 Å². The number of aliphatic carboxylic acids is 2. The second-order valence-corrected chi connectivity index (χ2v) is 5.30. The zero-order chi connectivity index (χ0) is 12.1. The van der Waals surface area contributed by atoms with Gasteiger partial charge in [0.1, 0.15) is 5.78 Å². The zero-order valence-corrected chi connectivity index (χ0v) is 8.53. The Morgan fingerprint density at radius 1 is 1.07 bits per heavy atom. The molecule has 0 saturated carbocycles. The molecule has 0 saturated heterocycles. The van der Waals surface area contributed by atoms with E-state index in [1.165, 1.54) is 0 Å². The Morgan fingerprint density at radius 2 is 1.60 bits per heavy atom. The Kier molecular flexibility index (Phi) is 5.18. The van der Waals surface area contributed by atoms with Crippen LogP contribution in [0.1, 0.15) is 12.8 Å². The molecule has 0 amide bonds. The number of hydrogen-bond acceptors (Lipinski definition) is 7. The van der Waals surface area contributed by atoms with Gasteiger partial charge in [-0.2, -0.15) is 0 Å². The van der Waals surface area contributed by atoms with E-state index in [1.54, 1.807) is 0 Å². The van der Waals surface area contributed by atoms with Crippen LogP contribution in [-0.2, 0) is 18.9 Å². The van der Waals surface area contributed by atoms with E-state index in [0.29, 0.717) is 0 Å². The van der Waals surface area contributed by atoms with Crippen molar-refractivity contribution in [3.8, 4) is 0 Å². The van der Waals surface area contributed by atoms with Crippen LogP contribution in [0.2, 0.25) is 0 Å². The quantitative estimate of drug-likeness (QED) is 0.329. The van der Waals surface area contributed by atoms with Crippen LogP contribution in [-0.4, -0.2) is 30.0 Å². The molecular formula is C7H8O7P-3. The van der Waals surface area contributed by atoms with E-state index in [0.717, 1.165) is 0 Å². The summed E-state index contributed by atoms with van der Waals surface area (Å²) in [5, 5.41) is 19.9. The van der Waals surface area contributed by atoms with Gasteiger partial charge >= 0.3 is 0 Å². The van der Waals surface area contributed by atoms with E-state index in [9.17, 15) is 34.1 Å². The van der Waals surface area contributed by atoms with Crippen LogP contribution in [0.5, 0.6) is 0 Å². The number of rotatable bonds is 7. The number of carbonyl (C=O) groups excluding carboxylic acids is 3. The van der Waals surface area contributed by atoms with Crippen LogP contribution < -0.4 is 15.1 Å². The smallest absolute Gasteiger partial charge is 0.144 e. The molecule has 0 spiro atoms. The van der Waals surface area contributed by atoms with Gasteiger partial charge in [0.2, 0.25) is 0 Å². The molecule has 8 heteroatoms. The highest BCUT2D eigenvalue weighted by molar-refractivity contribution is 7.57. The summed E-state index contributed by atoms with van der Waals surface area (Å²) in [7, 11) is -4.17. The molecule has 0 N–H and O–H groups in total. The topological polar surface area (TPSA) is 137 Å². The van der Waals surface area contributed by atoms with Crippen molar-refractivity contribution in [1.82, 2.24) is 0 Å². The van der Waals surface area contributed by atoms with E-state index in [1.807, 2.05) is 0 Å². The molecule has 0 aliphatic rings. The Bertz CT molecular complexity index is 321. The number of carboxylic acids is 2. The summed E-state index contributed by atoms with van der Waals surface area (Å²) in [4.78, 5) is 41.7. The summed E-state index contributed by atoms with van der Waals surface area (Å²) in [5.41, 5.74) is 0. The molecule has 86 valence electrons. The fraction of sp³-hybridized carbons (Fsp3) is 0.571. The number of carboxylic acid groups (broad SMARTS) is 2. The van der Waals surface area contributed by atoms with Gasteiger partial charge in [0.25, 0.3) is 0 Å². The molecule has 1 atom stereocenters. The van der Waals surface area contributed by atoms with Crippen molar-refractivity contribution in [2.45, 2.75) is 12.8 Å². The van der Waals surface area contributed by atoms with E-state index < -0.39 is 50.3 Å². The molecular weight excluding hydrogens is 227 g/mol. The van der Waals surface area contributed by atoms with Gasteiger partial charge in [-0.3, -0.25) is 4.79 Å². The van der Waals surface area contributed by atoms with Gasteiger partial charge in [0.05, 0.1) is 0 Å². The minimum Gasteiger partial charge on any atom is -0.799 e. The molecule has 0 aromatic rings. The van der Waals surface area contributed by atoms with Gasteiger partial charge in [-0.1, -0.05) is 0 Å². The molecule has 0 aliphatic heterocycles. The van der Waals surface area contributed by atoms with Crippen molar-refractivity contribution in [3.63, 3.8) is 0 Å². The average Bonchev–Trinajstić information content (AvgIpc) is 1.98. The van der Waals surface area contributed by atoms with Crippen molar-refractivity contribution in [2.24, 2.45) is 0 Å². The molecule has 0 bridgehead atoms. The molecule has 15 heavy (non-hydrogen) atoms. The Morgan fingerprint density at radius 3 is 2.00 bits per heavy atom. The monoisotopic (exact) mass is 235 g/mol. The van der Waals surface area contributed by atoms with Crippen LogP contribution in [0.3, 0.4) is 0 Å². The minimum absolute atomic E-state index is 0.709. The summed E-state index contributed by atoms with van der Waals surface area (Å²) in [6.45, 7) is 0. The highest BCUT2D eigenvalue weighted by Crippen LogP contribution is 2.35. The Hall–Kier alpha value is -1.20. The molecule has 7 nitrogen and oxygen atoms in total. The molecule has 0 rings (SSSR count). The Labute approximate surface area is 85.2 Å². The fourth-order valence-electron chi connectivity index (χ4n) is 0.826. The van der Waals surface area contributed by atoms with E-state index >= 15 is 0 Å². The molecule has 0 aromatic carbocycles. The first-order chi connectivity index (χ1) is 6.73. The predicted octanol–water partition coefficient (Wildman–Crippen LogP) is -3.53. The lowest BCUT2D eigenvalue weighted by Crippen LogP contribution is -2.29. The number of Topliss-reactive ketones (excluding diaryl/α,β-unsaturated/α-hetero) is 1. The highest BCUT2D eigenvalue weighted by atomic mass is 31.2. The highest BCUT2D eigenvalue weighted by Gasteiger charge is 2.13. The van der Waals surface area contributed by atoms with Crippen molar-refractivity contribution in [2.75, 3.05) is 12.3 Å². The number of ketones is 1. The maximum absolute atomic E-state index is 11.0. The summed E-state index contributed by atoms with van der Waals surface area (Å²) >= 11 is 0. The van der Waals surface area contributed by atoms with Gasteiger partial charge in [0, 0.05) is 31.9 Å². The van der Waals surface area contributed by atoms with Crippen LogP contribution in [0.25, 0.3) is 0 Å². The SMILES string of the molecule is O=C([O-])CCP(=O)([O-])CC(=O)CC(=O)[O-]. The second kappa shape index (κ2) is 5.63. The maximum Gasteiger partial charge on any atom is 0.144 e. The molecule has 0 heterocycles. The van der Waals surface area contributed by atoms with Crippen molar-refractivity contribution >= 4 is 25.1 Å². The minimum atomic E-state index is -4.17. The third-order valence-electron chi connectivity index (χ3n) is 1.42. The average molecular weight is 235 g/mol. The van der Waals surface area contributed by atoms with E-state index in [4.69, 9.17) is 0 Å².